The van der Waals surface area contributed by atoms with Crippen LogP contribution in [-0.4, -0.2) is 46.9 Å². The predicted octanol–water partition coefficient (Wildman–Crippen LogP) is 2.95. The lowest BCUT2D eigenvalue weighted by molar-refractivity contribution is 0.0286. The number of nitrogens with one attached hydrogen (secondary N) is 1. The Bertz CT molecular complexity index is 706. The third-order valence-electron chi connectivity index (χ3n) is 4.24. The summed E-state index contributed by atoms with van der Waals surface area (Å²) in [7, 11) is 0. The summed E-state index contributed by atoms with van der Waals surface area (Å²) in [6.45, 7) is 9.25. The normalized spacial score (nSPS) is 17.3. The van der Waals surface area contributed by atoms with Crippen molar-refractivity contribution in [2.45, 2.75) is 26.8 Å². The molecule has 0 amide bonds. The number of nitrogens with zero attached hydrogens (tertiary/aromatic N) is 4. The highest BCUT2D eigenvalue weighted by atomic mass is 16.5. The van der Waals surface area contributed by atoms with Gasteiger partial charge in [0.25, 0.3) is 0 Å². The van der Waals surface area contributed by atoms with Crippen molar-refractivity contribution in [2.75, 3.05) is 31.7 Å². The van der Waals surface area contributed by atoms with E-state index in [0.717, 1.165) is 43.4 Å². The van der Waals surface area contributed by atoms with Crippen LogP contribution in [0.25, 0.3) is 0 Å². The summed E-state index contributed by atoms with van der Waals surface area (Å²) in [5.74, 6) is 0.533. The summed E-state index contributed by atoms with van der Waals surface area (Å²) in [6.07, 6.45) is 0. The van der Waals surface area contributed by atoms with E-state index in [1.165, 1.54) is 5.56 Å². The first kappa shape index (κ1) is 17.5. The van der Waals surface area contributed by atoms with E-state index in [1.54, 1.807) is 0 Å². The van der Waals surface area contributed by atoms with Crippen molar-refractivity contribution in [3.63, 3.8) is 0 Å². The molecule has 0 unspecified atom stereocenters. The van der Waals surface area contributed by atoms with E-state index in [1.807, 2.05) is 32.9 Å². The van der Waals surface area contributed by atoms with Crippen molar-refractivity contribution in [3.8, 4) is 0 Å². The van der Waals surface area contributed by atoms with E-state index >= 15 is 0 Å². The molecule has 0 spiro atoms. The first-order chi connectivity index (χ1) is 12.1. The second kappa shape index (κ2) is 8.18. The number of benzene rings is 1. The van der Waals surface area contributed by atoms with Gasteiger partial charge in [0.1, 0.15) is 0 Å². The Kier molecular flexibility index (Phi) is 5.73. The molecule has 0 bridgehead atoms. The number of ether oxygens (including phenoxy) is 1. The Morgan fingerprint density at radius 1 is 1.12 bits per heavy atom. The van der Waals surface area contributed by atoms with Crippen molar-refractivity contribution < 1.29 is 4.74 Å². The average molecular weight is 339 g/mol. The number of anilines is 1. The first-order valence-electron chi connectivity index (χ1n) is 8.63. The van der Waals surface area contributed by atoms with E-state index < -0.39 is 0 Å². The maximum absolute atomic E-state index is 5.50. The van der Waals surface area contributed by atoms with Crippen LogP contribution in [0.2, 0.25) is 0 Å². The molecule has 0 radical (unpaired) electrons. The number of aryl methyl sites for hydroxylation is 2. The minimum Gasteiger partial charge on any atom is -0.379 e. The summed E-state index contributed by atoms with van der Waals surface area (Å²) in [5, 5.41) is 4.59. The van der Waals surface area contributed by atoms with Crippen LogP contribution in [-0.2, 0) is 4.74 Å². The molecule has 1 aromatic carbocycles. The number of hydrogen-bond donors (Lipinski definition) is 1. The zero-order valence-corrected chi connectivity index (χ0v) is 15.1. The molecule has 3 rings (SSSR count). The molecule has 0 saturated carbocycles. The number of hydrogen-bond acceptors (Lipinski definition) is 6. The van der Waals surface area contributed by atoms with Crippen LogP contribution in [0.5, 0.6) is 0 Å². The van der Waals surface area contributed by atoms with Gasteiger partial charge in [-0.05, 0) is 32.4 Å². The van der Waals surface area contributed by atoms with Crippen molar-refractivity contribution >= 4 is 11.7 Å². The SMILES string of the molecule is C/C(=N/Nc1nc(C)cc(C)n1)[C@@H](c1ccccc1)N1CCOCC1. The third-order valence-corrected chi connectivity index (χ3v) is 4.24. The lowest BCUT2D eigenvalue weighted by Crippen LogP contribution is -2.41. The van der Waals surface area contributed by atoms with Gasteiger partial charge in [0.15, 0.2) is 0 Å². The molecule has 1 saturated heterocycles. The fourth-order valence-electron chi connectivity index (χ4n) is 3.16. The molecular formula is C19H25N5O. The maximum Gasteiger partial charge on any atom is 0.243 e. The lowest BCUT2D eigenvalue weighted by Gasteiger charge is -2.34. The summed E-state index contributed by atoms with van der Waals surface area (Å²) in [4.78, 5) is 11.2. The van der Waals surface area contributed by atoms with Crippen LogP contribution < -0.4 is 5.43 Å². The predicted molar refractivity (Wildman–Crippen MR) is 99.8 cm³/mol. The van der Waals surface area contributed by atoms with Gasteiger partial charge < -0.3 is 4.74 Å². The molecular weight excluding hydrogens is 314 g/mol. The molecule has 0 aliphatic carbocycles. The summed E-state index contributed by atoms with van der Waals surface area (Å²) in [6, 6.07) is 12.5. The van der Waals surface area contributed by atoms with Crippen LogP contribution in [0.1, 0.15) is 29.9 Å². The van der Waals surface area contributed by atoms with Gasteiger partial charge in [0.05, 0.1) is 25.0 Å². The van der Waals surface area contributed by atoms with Gasteiger partial charge in [0.2, 0.25) is 5.95 Å². The average Bonchev–Trinajstić information content (AvgIpc) is 2.61. The van der Waals surface area contributed by atoms with Crippen molar-refractivity contribution in [2.24, 2.45) is 5.10 Å². The first-order valence-corrected chi connectivity index (χ1v) is 8.63. The Hall–Kier alpha value is -2.31. The molecule has 6 nitrogen and oxygen atoms in total. The molecule has 1 atom stereocenters. The number of hydrazone groups is 1. The van der Waals surface area contributed by atoms with E-state index in [4.69, 9.17) is 4.74 Å². The van der Waals surface area contributed by atoms with Gasteiger partial charge in [-0.1, -0.05) is 30.3 Å². The van der Waals surface area contributed by atoms with Crippen molar-refractivity contribution in [1.82, 2.24) is 14.9 Å². The molecule has 1 fully saturated rings. The zero-order valence-electron chi connectivity index (χ0n) is 15.1. The smallest absolute Gasteiger partial charge is 0.243 e. The fourth-order valence-corrected chi connectivity index (χ4v) is 3.16. The zero-order chi connectivity index (χ0) is 17.6. The van der Waals surface area contributed by atoms with Crippen molar-refractivity contribution in [1.29, 1.82) is 0 Å². The van der Waals surface area contributed by atoms with E-state index in [9.17, 15) is 0 Å². The molecule has 2 aromatic rings. The molecule has 1 N–H and O–H groups in total. The van der Waals surface area contributed by atoms with Crippen LogP contribution in [0, 0.1) is 13.8 Å². The van der Waals surface area contributed by atoms with Crippen LogP contribution in [0.3, 0.4) is 0 Å². The number of aromatic nitrogens is 2. The molecule has 1 aliphatic rings. The van der Waals surface area contributed by atoms with Gasteiger partial charge in [-0.3, -0.25) is 4.90 Å². The Balaban J connectivity index is 1.83. The van der Waals surface area contributed by atoms with Crippen LogP contribution >= 0.6 is 0 Å². The minimum atomic E-state index is 0.114. The highest BCUT2D eigenvalue weighted by Gasteiger charge is 2.25. The van der Waals surface area contributed by atoms with E-state index in [2.05, 4.69) is 49.7 Å². The minimum absolute atomic E-state index is 0.114. The summed E-state index contributed by atoms with van der Waals surface area (Å²) < 4.78 is 5.50. The largest absolute Gasteiger partial charge is 0.379 e. The van der Waals surface area contributed by atoms with Gasteiger partial charge in [-0.15, -0.1) is 0 Å². The van der Waals surface area contributed by atoms with Crippen LogP contribution in [0.15, 0.2) is 41.5 Å². The monoisotopic (exact) mass is 339 g/mol. The molecule has 132 valence electrons. The second-order valence-electron chi connectivity index (χ2n) is 6.30. The lowest BCUT2D eigenvalue weighted by atomic mass is 10.0. The maximum atomic E-state index is 5.50. The highest BCUT2D eigenvalue weighted by Crippen LogP contribution is 2.23. The summed E-state index contributed by atoms with van der Waals surface area (Å²) in [5.41, 5.74) is 7.09. The van der Waals surface area contributed by atoms with E-state index in [-0.39, 0.29) is 6.04 Å². The van der Waals surface area contributed by atoms with Gasteiger partial charge in [0, 0.05) is 24.5 Å². The second-order valence-corrected chi connectivity index (χ2v) is 6.30. The standard InChI is InChI=1S/C19H25N5O/c1-14-13-15(2)21-19(20-14)23-22-16(3)18(17-7-5-4-6-8-17)24-9-11-25-12-10-24/h4-8,13,18H,9-12H2,1-3H3,(H,20,21,23)/b22-16-/t18-/m0/s1. The Labute approximate surface area is 148 Å². The molecule has 1 aliphatic heterocycles. The molecule has 2 heterocycles. The number of morpholine rings is 1. The number of rotatable bonds is 5. The third kappa shape index (κ3) is 4.61. The van der Waals surface area contributed by atoms with Gasteiger partial charge in [-0.2, -0.15) is 5.10 Å². The van der Waals surface area contributed by atoms with Crippen LogP contribution in [0.4, 0.5) is 5.95 Å². The Morgan fingerprint density at radius 2 is 1.76 bits per heavy atom. The summed E-state index contributed by atoms with van der Waals surface area (Å²) >= 11 is 0. The van der Waals surface area contributed by atoms with E-state index in [0.29, 0.717) is 5.95 Å². The molecule has 1 aromatic heterocycles. The van der Waals surface area contributed by atoms with Gasteiger partial charge >= 0.3 is 0 Å². The Morgan fingerprint density at radius 3 is 2.40 bits per heavy atom. The topological polar surface area (TPSA) is 62.6 Å². The molecule has 25 heavy (non-hydrogen) atoms. The quantitative estimate of drug-likeness (QED) is 0.670. The van der Waals surface area contributed by atoms with Gasteiger partial charge in [-0.25, -0.2) is 15.4 Å². The molecule has 6 heteroatoms. The van der Waals surface area contributed by atoms with Crippen molar-refractivity contribution in [3.05, 3.63) is 53.3 Å². The highest BCUT2D eigenvalue weighted by molar-refractivity contribution is 5.88. The fraction of sp³-hybridized carbons (Fsp3) is 0.421.